The number of hydrogen-bond donors (Lipinski definition) is 2. The lowest BCUT2D eigenvalue weighted by Gasteiger charge is -1.94. The Morgan fingerprint density at radius 2 is 1.00 bits per heavy atom. The molecule has 0 unspecified atom stereocenters. The van der Waals surface area contributed by atoms with E-state index in [9.17, 15) is 0 Å². The second-order valence-electron chi connectivity index (χ2n) is 2.28. The standard InChI is InChI=1S/C4H10O3.3C3H6/c5-1-3-7-4-2-6;3*1-3-2/h5-6H,1-4H2;3*3H,1H2,2H3. The molecule has 0 aromatic rings. The third-order valence-corrected chi connectivity index (χ3v) is 0.471. The van der Waals surface area contributed by atoms with Crippen molar-refractivity contribution in [2.75, 3.05) is 26.4 Å². The van der Waals surface area contributed by atoms with Gasteiger partial charge in [-0.25, -0.2) is 0 Å². The Balaban J connectivity index is -0.0000000677. The highest BCUT2D eigenvalue weighted by atomic mass is 16.5. The first-order valence-corrected chi connectivity index (χ1v) is 5.17. The molecule has 0 radical (unpaired) electrons. The number of allylic oxidation sites excluding steroid dienone is 3. The summed E-state index contributed by atoms with van der Waals surface area (Å²) in [6.45, 7) is 16.4. The van der Waals surface area contributed by atoms with Crippen LogP contribution in [-0.4, -0.2) is 36.6 Å². The van der Waals surface area contributed by atoms with Gasteiger partial charge < -0.3 is 14.9 Å². The van der Waals surface area contributed by atoms with E-state index < -0.39 is 0 Å². The van der Waals surface area contributed by atoms with Crippen LogP contribution in [0.15, 0.2) is 38.0 Å². The topological polar surface area (TPSA) is 49.7 Å². The summed E-state index contributed by atoms with van der Waals surface area (Å²) in [5.74, 6) is 0. The van der Waals surface area contributed by atoms with Crippen molar-refractivity contribution in [3.63, 3.8) is 0 Å². The third-order valence-electron chi connectivity index (χ3n) is 0.471. The van der Waals surface area contributed by atoms with Gasteiger partial charge in [0.1, 0.15) is 0 Å². The minimum Gasteiger partial charge on any atom is -0.394 e. The monoisotopic (exact) mass is 232 g/mol. The lowest BCUT2D eigenvalue weighted by atomic mass is 10.7. The van der Waals surface area contributed by atoms with Gasteiger partial charge in [0.2, 0.25) is 0 Å². The molecule has 0 aliphatic carbocycles. The molecule has 0 aromatic carbocycles. The van der Waals surface area contributed by atoms with E-state index in [2.05, 4.69) is 24.5 Å². The third kappa shape index (κ3) is 200. The average Bonchev–Trinajstić information content (AvgIpc) is 2.22. The summed E-state index contributed by atoms with van der Waals surface area (Å²) in [6.07, 6.45) is 5.25. The second kappa shape index (κ2) is 48.0. The fourth-order valence-electron chi connectivity index (χ4n) is 0.231. The first-order valence-electron chi connectivity index (χ1n) is 5.17. The van der Waals surface area contributed by atoms with Gasteiger partial charge in [-0.1, -0.05) is 18.2 Å². The summed E-state index contributed by atoms with van der Waals surface area (Å²) in [7, 11) is 0. The van der Waals surface area contributed by atoms with E-state index in [0.29, 0.717) is 13.2 Å². The number of hydrogen-bond acceptors (Lipinski definition) is 3. The van der Waals surface area contributed by atoms with Gasteiger partial charge in [0.25, 0.3) is 0 Å². The van der Waals surface area contributed by atoms with Gasteiger partial charge in [-0.15, -0.1) is 19.7 Å². The smallest absolute Gasteiger partial charge is 0.0698 e. The highest BCUT2D eigenvalue weighted by Gasteiger charge is 1.79. The number of aliphatic hydroxyl groups is 2. The van der Waals surface area contributed by atoms with Gasteiger partial charge in [-0.2, -0.15) is 0 Å². The maximum Gasteiger partial charge on any atom is 0.0698 e. The van der Waals surface area contributed by atoms with Crippen molar-refractivity contribution in [1.82, 2.24) is 0 Å². The molecule has 0 rings (SSSR count). The Morgan fingerprint density at radius 3 is 1.12 bits per heavy atom. The van der Waals surface area contributed by atoms with Crippen LogP contribution in [0.1, 0.15) is 20.8 Å². The molecular weight excluding hydrogens is 204 g/mol. The first kappa shape index (κ1) is 24.4. The lowest BCUT2D eigenvalue weighted by molar-refractivity contribution is 0.0650. The van der Waals surface area contributed by atoms with Gasteiger partial charge in [0.05, 0.1) is 26.4 Å². The molecule has 0 aromatic heterocycles. The first-order chi connectivity index (χ1) is 7.66. The molecule has 3 heteroatoms. The molecule has 0 atom stereocenters. The molecule has 16 heavy (non-hydrogen) atoms. The van der Waals surface area contributed by atoms with Crippen molar-refractivity contribution >= 4 is 0 Å². The Morgan fingerprint density at radius 1 is 0.812 bits per heavy atom. The van der Waals surface area contributed by atoms with Crippen LogP contribution >= 0.6 is 0 Å². The molecule has 0 bridgehead atoms. The van der Waals surface area contributed by atoms with E-state index >= 15 is 0 Å². The molecule has 0 heterocycles. The molecule has 0 aliphatic heterocycles. The molecule has 0 fully saturated rings. The zero-order valence-electron chi connectivity index (χ0n) is 11.0. The fraction of sp³-hybridized carbons (Fsp3) is 0.538. The van der Waals surface area contributed by atoms with Crippen molar-refractivity contribution in [3.8, 4) is 0 Å². The zero-order valence-corrected chi connectivity index (χ0v) is 11.0. The summed E-state index contributed by atoms with van der Waals surface area (Å²) in [6, 6.07) is 0. The summed E-state index contributed by atoms with van der Waals surface area (Å²) < 4.78 is 4.63. The van der Waals surface area contributed by atoms with Gasteiger partial charge in [0, 0.05) is 0 Å². The number of rotatable bonds is 4. The maximum atomic E-state index is 8.09. The molecule has 0 aliphatic rings. The van der Waals surface area contributed by atoms with Crippen molar-refractivity contribution in [2.45, 2.75) is 20.8 Å². The van der Waals surface area contributed by atoms with Crippen molar-refractivity contribution in [3.05, 3.63) is 38.0 Å². The summed E-state index contributed by atoms with van der Waals surface area (Å²) in [4.78, 5) is 0. The Hall–Kier alpha value is -0.900. The molecule has 0 spiro atoms. The van der Waals surface area contributed by atoms with Crippen LogP contribution < -0.4 is 0 Å². The minimum atomic E-state index is 0.0278. The average molecular weight is 232 g/mol. The largest absolute Gasteiger partial charge is 0.394 e. The predicted octanol–water partition coefficient (Wildman–Crippen LogP) is 2.56. The molecule has 98 valence electrons. The lowest BCUT2D eigenvalue weighted by Crippen LogP contribution is -2.03. The normalized spacial score (nSPS) is 6.56. The molecule has 0 saturated carbocycles. The van der Waals surface area contributed by atoms with Crippen molar-refractivity contribution in [1.29, 1.82) is 0 Å². The quantitative estimate of drug-likeness (QED) is 0.578. The van der Waals surface area contributed by atoms with Crippen LogP contribution in [0.2, 0.25) is 0 Å². The van der Waals surface area contributed by atoms with Gasteiger partial charge in [-0.05, 0) is 20.8 Å². The van der Waals surface area contributed by atoms with Crippen LogP contribution in [0.4, 0.5) is 0 Å². The van der Waals surface area contributed by atoms with E-state index in [0.717, 1.165) is 0 Å². The highest BCUT2D eigenvalue weighted by Crippen LogP contribution is 1.68. The second-order valence-corrected chi connectivity index (χ2v) is 2.28. The Kier molecular flexibility index (Phi) is 73.1. The molecule has 0 amide bonds. The zero-order chi connectivity index (χ0) is 13.7. The number of aliphatic hydroxyl groups excluding tert-OH is 2. The summed E-state index contributed by atoms with van der Waals surface area (Å²) in [5.41, 5.74) is 0. The molecule has 0 saturated heterocycles. The van der Waals surface area contributed by atoms with Crippen LogP contribution in [0, 0.1) is 0 Å². The van der Waals surface area contributed by atoms with E-state index in [1.54, 1.807) is 18.2 Å². The fourth-order valence-corrected chi connectivity index (χ4v) is 0.231. The van der Waals surface area contributed by atoms with Gasteiger partial charge in [0.15, 0.2) is 0 Å². The summed E-state index contributed by atoms with van der Waals surface area (Å²) >= 11 is 0. The molecular formula is C13H28O3. The van der Waals surface area contributed by atoms with Crippen LogP contribution in [0.5, 0.6) is 0 Å². The number of ether oxygens (including phenoxy) is 1. The molecule has 2 N–H and O–H groups in total. The van der Waals surface area contributed by atoms with Gasteiger partial charge >= 0.3 is 0 Å². The van der Waals surface area contributed by atoms with Crippen molar-refractivity contribution < 1.29 is 14.9 Å². The van der Waals surface area contributed by atoms with E-state index in [-0.39, 0.29) is 13.2 Å². The SMILES string of the molecule is C=CC.C=CC.C=CC.OCCOCCO. The minimum absolute atomic E-state index is 0.0278. The predicted molar refractivity (Wildman–Crippen MR) is 72.6 cm³/mol. The van der Waals surface area contributed by atoms with E-state index in [1.165, 1.54) is 0 Å². The Labute approximate surface area is 101 Å². The maximum absolute atomic E-state index is 8.09. The van der Waals surface area contributed by atoms with E-state index in [1.807, 2.05) is 20.8 Å². The van der Waals surface area contributed by atoms with Crippen LogP contribution in [0.25, 0.3) is 0 Å². The van der Waals surface area contributed by atoms with Crippen molar-refractivity contribution in [2.24, 2.45) is 0 Å². The van der Waals surface area contributed by atoms with Crippen LogP contribution in [0.3, 0.4) is 0 Å². The molecule has 3 nitrogen and oxygen atoms in total. The van der Waals surface area contributed by atoms with E-state index in [4.69, 9.17) is 10.2 Å². The van der Waals surface area contributed by atoms with Gasteiger partial charge in [-0.3, -0.25) is 0 Å². The Bertz CT molecular complexity index is 93.5. The summed E-state index contributed by atoms with van der Waals surface area (Å²) in [5, 5.41) is 16.2. The van der Waals surface area contributed by atoms with Crippen LogP contribution in [-0.2, 0) is 4.74 Å². The highest BCUT2D eigenvalue weighted by molar-refractivity contribution is 4.52.